The largest absolute Gasteiger partial charge is 0.453 e. The Kier molecular flexibility index (Phi) is 7.14. The van der Waals surface area contributed by atoms with Crippen molar-refractivity contribution in [2.45, 2.75) is 37.5 Å². The number of hydrogen-bond acceptors (Lipinski definition) is 4. The van der Waals surface area contributed by atoms with Crippen LogP contribution in [-0.2, 0) is 4.74 Å². The third-order valence-corrected chi connectivity index (χ3v) is 4.98. The fraction of sp³-hybridized carbons (Fsp3) is 0.857. The van der Waals surface area contributed by atoms with Gasteiger partial charge in [0.1, 0.15) is 0 Å². The summed E-state index contributed by atoms with van der Waals surface area (Å²) in [7, 11) is 3.21. The van der Waals surface area contributed by atoms with Crippen LogP contribution in [-0.4, -0.2) is 67.8 Å². The first-order valence-electron chi connectivity index (χ1n) is 7.27. The van der Waals surface area contributed by atoms with Crippen molar-refractivity contribution >= 4 is 23.8 Å². The lowest BCUT2D eigenvalue weighted by Gasteiger charge is -2.32. The Hall–Kier alpha value is -1.11. The molecule has 0 atom stereocenters. The standard InChI is InChI=1S/C14H28N4O2S/c1-14(2,21-5)10-16-12(15-3)17-11-6-8-18(9-7-11)13(19)20-4/h11H,6-10H2,1-5H3,(H2,15,16,17). The SMILES string of the molecule is CN=C(NCC(C)(C)SC)NC1CCN(C(=O)OC)CC1. The highest BCUT2D eigenvalue weighted by Gasteiger charge is 2.24. The van der Waals surface area contributed by atoms with Crippen LogP contribution < -0.4 is 10.6 Å². The molecule has 0 saturated carbocycles. The van der Waals surface area contributed by atoms with Gasteiger partial charge in [-0.05, 0) is 32.9 Å². The summed E-state index contributed by atoms with van der Waals surface area (Å²) in [6.45, 7) is 6.70. The number of amides is 1. The van der Waals surface area contributed by atoms with Crippen LogP contribution >= 0.6 is 11.8 Å². The van der Waals surface area contributed by atoms with E-state index in [0.29, 0.717) is 6.04 Å². The van der Waals surface area contributed by atoms with E-state index in [1.807, 2.05) is 11.8 Å². The second kappa shape index (κ2) is 8.36. The van der Waals surface area contributed by atoms with Crippen LogP contribution in [0.3, 0.4) is 0 Å². The predicted molar refractivity (Wildman–Crippen MR) is 89.1 cm³/mol. The van der Waals surface area contributed by atoms with Crippen LogP contribution in [0.25, 0.3) is 0 Å². The molecule has 1 rings (SSSR count). The molecule has 1 heterocycles. The van der Waals surface area contributed by atoms with Crippen molar-refractivity contribution in [3.05, 3.63) is 0 Å². The van der Waals surface area contributed by atoms with E-state index >= 15 is 0 Å². The molecule has 0 aromatic rings. The molecule has 0 aromatic heterocycles. The molecule has 0 spiro atoms. The summed E-state index contributed by atoms with van der Waals surface area (Å²) in [4.78, 5) is 17.5. The number of rotatable bonds is 4. The van der Waals surface area contributed by atoms with E-state index < -0.39 is 0 Å². The molecular weight excluding hydrogens is 288 g/mol. The van der Waals surface area contributed by atoms with E-state index in [4.69, 9.17) is 4.74 Å². The van der Waals surface area contributed by atoms with Gasteiger partial charge in [0, 0.05) is 37.5 Å². The van der Waals surface area contributed by atoms with Gasteiger partial charge in [-0.3, -0.25) is 4.99 Å². The second-order valence-electron chi connectivity index (χ2n) is 5.77. The van der Waals surface area contributed by atoms with Crippen molar-refractivity contribution in [3.8, 4) is 0 Å². The number of thioether (sulfide) groups is 1. The second-order valence-corrected chi connectivity index (χ2v) is 7.28. The summed E-state index contributed by atoms with van der Waals surface area (Å²) in [6, 6.07) is 0.342. The van der Waals surface area contributed by atoms with Crippen molar-refractivity contribution in [2.75, 3.05) is 40.0 Å². The maximum atomic E-state index is 11.4. The zero-order valence-electron chi connectivity index (χ0n) is 13.7. The number of piperidine rings is 1. The Labute approximate surface area is 132 Å². The van der Waals surface area contributed by atoms with Gasteiger partial charge in [-0.2, -0.15) is 11.8 Å². The third-order valence-electron chi connectivity index (χ3n) is 3.73. The van der Waals surface area contributed by atoms with E-state index in [9.17, 15) is 4.79 Å². The molecule has 1 saturated heterocycles. The van der Waals surface area contributed by atoms with Gasteiger partial charge in [-0.15, -0.1) is 0 Å². The number of ether oxygens (including phenoxy) is 1. The number of likely N-dealkylation sites (tertiary alicyclic amines) is 1. The summed E-state index contributed by atoms with van der Waals surface area (Å²) >= 11 is 1.83. The minimum atomic E-state index is -0.238. The smallest absolute Gasteiger partial charge is 0.409 e. The number of methoxy groups -OCH3 is 1. The highest BCUT2D eigenvalue weighted by atomic mass is 32.2. The average Bonchev–Trinajstić information content (AvgIpc) is 2.51. The fourth-order valence-corrected chi connectivity index (χ4v) is 2.31. The summed E-state index contributed by atoms with van der Waals surface area (Å²) in [5, 5.41) is 6.80. The Morgan fingerprint density at radius 3 is 2.52 bits per heavy atom. The number of nitrogens with zero attached hydrogens (tertiary/aromatic N) is 2. The molecule has 0 aromatic carbocycles. The molecule has 0 radical (unpaired) electrons. The van der Waals surface area contributed by atoms with E-state index in [1.165, 1.54) is 7.11 Å². The van der Waals surface area contributed by atoms with Gasteiger partial charge >= 0.3 is 6.09 Å². The number of carbonyl (C=O) groups is 1. The zero-order valence-corrected chi connectivity index (χ0v) is 14.5. The Morgan fingerprint density at radius 1 is 1.43 bits per heavy atom. The van der Waals surface area contributed by atoms with E-state index in [0.717, 1.165) is 38.4 Å². The van der Waals surface area contributed by atoms with Crippen molar-refractivity contribution in [2.24, 2.45) is 4.99 Å². The molecule has 0 aliphatic carbocycles. The first-order valence-corrected chi connectivity index (χ1v) is 8.49. The number of guanidine groups is 1. The van der Waals surface area contributed by atoms with Crippen LogP contribution in [0.4, 0.5) is 4.79 Å². The molecule has 122 valence electrons. The van der Waals surface area contributed by atoms with E-state index in [2.05, 4.69) is 35.7 Å². The monoisotopic (exact) mass is 316 g/mol. The fourth-order valence-electron chi connectivity index (χ4n) is 2.09. The summed E-state index contributed by atoms with van der Waals surface area (Å²) < 4.78 is 4.92. The number of nitrogens with one attached hydrogen (secondary N) is 2. The van der Waals surface area contributed by atoms with E-state index in [-0.39, 0.29) is 10.8 Å². The molecule has 1 amide bonds. The minimum absolute atomic E-state index is 0.172. The summed E-state index contributed by atoms with van der Waals surface area (Å²) in [6.07, 6.45) is 3.68. The molecule has 21 heavy (non-hydrogen) atoms. The van der Waals surface area contributed by atoms with Gasteiger partial charge in [0.2, 0.25) is 0 Å². The van der Waals surface area contributed by atoms with Crippen LogP contribution in [0.1, 0.15) is 26.7 Å². The number of carbonyl (C=O) groups excluding carboxylic acids is 1. The number of aliphatic imine (C=N–C) groups is 1. The lowest BCUT2D eigenvalue weighted by molar-refractivity contribution is 0.111. The van der Waals surface area contributed by atoms with Gasteiger partial charge in [0.05, 0.1) is 7.11 Å². The quantitative estimate of drug-likeness (QED) is 0.608. The molecule has 1 fully saturated rings. The molecule has 2 N–H and O–H groups in total. The predicted octanol–water partition coefficient (Wildman–Crippen LogP) is 1.52. The molecule has 1 aliphatic rings. The highest BCUT2D eigenvalue weighted by molar-refractivity contribution is 7.99. The van der Waals surface area contributed by atoms with Crippen molar-refractivity contribution in [1.82, 2.24) is 15.5 Å². The highest BCUT2D eigenvalue weighted by Crippen LogP contribution is 2.19. The maximum Gasteiger partial charge on any atom is 0.409 e. The molecule has 0 unspecified atom stereocenters. The lowest BCUT2D eigenvalue weighted by atomic mass is 10.1. The third kappa shape index (κ3) is 6.03. The molecule has 1 aliphatic heterocycles. The van der Waals surface area contributed by atoms with Gasteiger partial charge in [0.25, 0.3) is 0 Å². The normalized spacial score (nSPS) is 17.6. The van der Waals surface area contributed by atoms with Gasteiger partial charge in [-0.1, -0.05) is 0 Å². The summed E-state index contributed by atoms with van der Waals surface area (Å²) in [5.41, 5.74) is 0. The van der Waals surface area contributed by atoms with Gasteiger partial charge in [-0.25, -0.2) is 4.79 Å². The summed E-state index contributed by atoms with van der Waals surface area (Å²) in [5.74, 6) is 0.827. The molecule has 0 bridgehead atoms. The van der Waals surface area contributed by atoms with Crippen molar-refractivity contribution in [1.29, 1.82) is 0 Å². The van der Waals surface area contributed by atoms with Crippen LogP contribution in [0.15, 0.2) is 4.99 Å². The first kappa shape index (κ1) is 17.9. The van der Waals surface area contributed by atoms with Gasteiger partial charge in [0.15, 0.2) is 5.96 Å². The van der Waals surface area contributed by atoms with Crippen molar-refractivity contribution < 1.29 is 9.53 Å². The van der Waals surface area contributed by atoms with Crippen LogP contribution in [0, 0.1) is 0 Å². The average molecular weight is 316 g/mol. The van der Waals surface area contributed by atoms with Crippen molar-refractivity contribution in [3.63, 3.8) is 0 Å². The lowest BCUT2D eigenvalue weighted by Crippen LogP contribution is -2.51. The molecule has 7 heteroatoms. The van der Waals surface area contributed by atoms with Gasteiger partial charge < -0.3 is 20.3 Å². The molecule has 6 nitrogen and oxygen atoms in total. The molecular formula is C14H28N4O2S. The van der Waals surface area contributed by atoms with Crippen LogP contribution in [0.2, 0.25) is 0 Å². The zero-order chi connectivity index (χ0) is 15.9. The maximum absolute atomic E-state index is 11.4. The van der Waals surface area contributed by atoms with E-state index in [1.54, 1.807) is 11.9 Å². The Balaban J connectivity index is 2.37. The number of hydrogen-bond donors (Lipinski definition) is 2. The Morgan fingerprint density at radius 2 is 2.05 bits per heavy atom. The minimum Gasteiger partial charge on any atom is -0.453 e. The first-order chi connectivity index (χ1) is 9.91. The Bertz CT molecular complexity index is 366. The van der Waals surface area contributed by atoms with Crippen LogP contribution in [0.5, 0.6) is 0 Å². The topological polar surface area (TPSA) is 66.0 Å².